The first kappa shape index (κ1) is 24.5. The van der Waals surface area contributed by atoms with Crippen LogP contribution in [0.25, 0.3) is 6.08 Å². The number of esters is 1. The van der Waals surface area contributed by atoms with E-state index in [1.807, 2.05) is 54.6 Å². The Kier molecular flexibility index (Phi) is 7.51. The van der Waals surface area contributed by atoms with E-state index < -0.39 is 12.0 Å². The van der Waals surface area contributed by atoms with Gasteiger partial charge in [0.1, 0.15) is 11.5 Å². The van der Waals surface area contributed by atoms with Gasteiger partial charge in [-0.25, -0.2) is 9.79 Å². The van der Waals surface area contributed by atoms with E-state index in [0.29, 0.717) is 33.0 Å². The fourth-order valence-corrected chi connectivity index (χ4v) is 5.00. The average Bonchev–Trinajstić information content (AvgIpc) is 3.17. The highest BCUT2D eigenvalue weighted by Crippen LogP contribution is 2.32. The fourth-order valence-electron chi connectivity index (χ4n) is 3.95. The highest BCUT2D eigenvalue weighted by molar-refractivity contribution is 7.07. The Balaban J connectivity index is 1.85. The minimum Gasteiger partial charge on any atom is -0.497 e. The van der Waals surface area contributed by atoms with Gasteiger partial charge in [-0.2, -0.15) is 0 Å². The number of carbonyl (C=O) groups excluding carboxylic acids is 1. The molecule has 0 N–H and O–H groups in total. The first-order chi connectivity index (χ1) is 17.0. The highest BCUT2D eigenvalue weighted by atomic mass is 32.1. The molecule has 2 aromatic carbocycles. The van der Waals surface area contributed by atoms with Crippen LogP contribution in [0.4, 0.5) is 0 Å². The lowest BCUT2D eigenvalue weighted by Crippen LogP contribution is -2.39. The topological polar surface area (TPSA) is 79.1 Å². The SMILES string of the molecule is CCCOc1ccc(/C=c2\sc3n(c2=O)[C@@H](c2cccc(OC)c2)C(C(=O)OCC)=C(C)N=3)cc1. The molecule has 1 aliphatic heterocycles. The van der Waals surface area contributed by atoms with Crippen LogP contribution < -0.4 is 24.4 Å². The van der Waals surface area contributed by atoms with Crippen molar-refractivity contribution >= 4 is 23.4 Å². The summed E-state index contributed by atoms with van der Waals surface area (Å²) in [5, 5.41) is 0. The second-order valence-electron chi connectivity index (χ2n) is 8.00. The number of methoxy groups -OCH3 is 1. The molecule has 3 aromatic rings. The van der Waals surface area contributed by atoms with Crippen LogP contribution in [0.1, 0.15) is 44.4 Å². The van der Waals surface area contributed by atoms with Crippen LogP contribution in [0.5, 0.6) is 11.5 Å². The van der Waals surface area contributed by atoms with E-state index in [9.17, 15) is 9.59 Å². The third-order valence-electron chi connectivity index (χ3n) is 5.58. The predicted octanol–water partition coefficient (Wildman–Crippen LogP) is 3.60. The maximum Gasteiger partial charge on any atom is 0.338 e. The largest absolute Gasteiger partial charge is 0.497 e. The summed E-state index contributed by atoms with van der Waals surface area (Å²) in [5.41, 5.74) is 2.27. The summed E-state index contributed by atoms with van der Waals surface area (Å²) in [6.45, 7) is 6.46. The second-order valence-corrected chi connectivity index (χ2v) is 9.01. The summed E-state index contributed by atoms with van der Waals surface area (Å²) in [6, 6.07) is 14.3. The third kappa shape index (κ3) is 5.07. The molecule has 1 aromatic heterocycles. The normalized spacial score (nSPS) is 15.4. The van der Waals surface area contributed by atoms with Crippen LogP contribution in [-0.2, 0) is 9.53 Å². The van der Waals surface area contributed by atoms with Gasteiger partial charge in [-0.1, -0.05) is 42.5 Å². The number of rotatable bonds is 8. The Morgan fingerprint density at radius 3 is 2.60 bits per heavy atom. The Bertz CT molecular complexity index is 1430. The van der Waals surface area contributed by atoms with Gasteiger partial charge in [0.25, 0.3) is 5.56 Å². The third-order valence-corrected chi connectivity index (χ3v) is 6.56. The number of hydrogen-bond acceptors (Lipinski definition) is 7. The molecule has 2 heterocycles. The number of allylic oxidation sites excluding steroid dienone is 1. The summed E-state index contributed by atoms with van der Waals surface area (Å²) in [5.74, 6) is 0.935. The minimum absolute atomic E-state index is 0.220. The first-order valence-electron chi connectivity index (χ1n) is 11.5. The van der Waals surface area contributed by atoms with Crippen molar-refractivity contribution in [2.45, 2.75) is 33.2 Å². The van der Waals surface area contributed by atoms with Gasteiger partial charge in [0, 0.05) is 0 Å². The number of ether oxygens (including phenoxy) is 3. The molecule has 0 spiro atoms. The van der Waals surface area contributed by atoms with Crippen LogP contribution in [0.3, 0.4) is 0 Å². The Morgan fingerprint density at radius 1 is 1.14 bits per heavy atom. The van der Waals surface area contributed by atoms with Crippen LogP contribution in [0.2, 0.25) is 0 Å². The Labute approximate surface area is 207 Å². The molecule has 0 amide bonds. The van der Waals surface area contributed by atoms with E-state index in [4.69, 9.17) is 14.2 Å². The molecule has 0 unspecified atom stereocenters. The second kappa shape index (κ2) is 10.7. The number of nitrogens with zero attached hydrogens (tertiary/aromatic N) is 2. The van der Waals surface area contributed by atoms with Gasteiger partial charge in [-0.3, -0.25) is 9.36 Å². The molecule has 182 valence electrons. The molecule has 35 heavy (non-hydrogen) atoms. The van der Waals surface area contributed by atoms with Crippen molar-refractivity contribution in [2.75, 3.05) is 20.3 Å². The van der Waals surface area contributed by atoms with Crippen LogP contribution in [-0.4, -0.2) is 30.9 Å². The van der Waals surface area contributed by atoms with E-state index >= 15 is 0 Å². The Morgan fingerprint density at radius 2 is 1.91 bits per heavy atom. The van der Waals surface area contributed by atoms with E-state index in [0.717, 1.165) is 23.3 Å². The molecule has 0 saturated carbocycles. The molecular formula is C27H28N2O5S. The van der Waals surface area contributed by atoms with Crippen molar-refractivity contribution in [1.82, 2.24) is 4.57 Å². The molecular weight excluding hydrogens is 464 g/mol. The van der Waals surface area contributed by atoms with Crippen molar-refractivity contribution in [1.29, 1.82) is 0 Å². The van der Waals surface area contributed by atoms with Gasteiger partial charge in [-0.05, 0) is 61.7 Å². The Hall–Kier alpha value is -3.65. The molecule has 0 radical (unpaired) electrons. The zero-order valence-corrected chi connectivity index (χ0v) is 21.1. The number of aromatic nitrogens is 1. The van der Waals surface area contributed by atoms with Gasteiger partial charge < -0.3 is 14.2 Å². The van der Waals surface area contributed by atoms with Gasteiger partial charge >= 0.3 is 5.97 Å². The maximum atomic E-state index is 13.6. The lowest BCUT2D eigenvalue weighted by Gasteiger charge is -2.25. The van der Waals surface area contributed by atoms with Crippen molar-refractivity contribution < 1.29 is 19.0 Å². The summed E-state index contributed by atoms with van der Waals surface area (Å²) in [4.78, 5) is 31.8. The quantitative estimate of drug-likeness (QED) is 0.449. The number of fused-ring (bicyclic) bond motifs is 1. The van der Waals surface area contributed by atoms with E-state index in [1.165, 1.54) is 11.3 Å². The summed E-state index contributed by atoms with van der Waals surface area (Å²) in [6.07, 6.45) is 2.77. The number of carbonyl (C=O) groups is 1. The van der Waals surface area contributed by atoms with Gasteiger partial charge in [0.05, 0.1) is 42.2 Å². The lowest BCUT2D eigenvalue weighted by molar-refractivity contribution is -0.139. The minimum atomic E-state index is -0.674. The van der Waals surface area contributed by atoms with Crippen LogP contribution in [0.15, 0.2) is 69.6 Å². The van der Waals surface area contributed by atoms with E-state index in [2.05, 4.69) is 11.9 Å². The standard InChI is InChI=1S/C27H28N2O5S/c1-5-14-34-20-12-10-18(11-13-20)15-22-25(30)29-24(19-8-7-9-21(16-19)32-4)23(26(31)33-6-2)17(3)28-27(29)35-22/h7-13,15-16,24H,5-6,14H2,1-4H3/b22-15-/t24-/m0/s1. The molecule has 0 fully saturated rings. The average molecular weight is 493 g/mol. The predicted molar refractivity (Wildman–Crippen MR) is 136 cm³/mol. The summed E-state index contributed by atoms with van der Waals surface area (Å²) < 4.78 is 18.5. The fraction of sp³-hybridized carbons (Fsp3) is 0.296. The van der Waals surface area contributed by atoms with E-state index in [-0.39, 0.29) is 12.2 Å². The molecule has 8 heteroatoms. The van der Waals surface area contributed by atoms with Gasteiger partial charge in [0.2, 0.25) is 0 Å². The van der Waals surface area contributed by atoms with Crippen molar-refractivity contribution in [3.63, 3.8) is 0 Å². The van der Waals surface area contributed by atoms with Crippen molar-refractivity contribution in [3.8, 4) is 11.5 Å². The molecule has 7 nitrogen and oxygen atoms in total. The molecule has 0 bridgehead atoms. The van der Waals surface area contributed by atoms with E-state index in [1.54, 1.807) is 25.5 Å². The number of hydrogen-bond donors (Lipinski definition) is 0. The zero-order chi connectivity index (χ0) is 24.9. The summed E-state index contributed by atoms with van der Waals surface area (Å²) in [7, 11) is 1.58. The maximum absolute atomic E-state index is 13.6. The van der Waals surface area contributed by atoms with Gasteiger partial charge in [0.15, 0.2) is 4.80 Å². The number of benzene rings is 2. The molecule has 1 aliphatic rings. The zero-order valence-electron chi connectivity index (χ0n) is 20.2. The molecule has 0 aliphatic carbocycles. The van der Waals surface area contributed by atoms with Crippen molar-refractivity contribution in [2.24, 2.45) is 4.99 Å². The van der Waals surface area contributed by atoms with Crippen LogP contribution in [0, 0.1) is 0 Å². The number of thiazole rings is 1. The molecule has 0 saturated heterocycles. The molecule has 1 atom stereocenters. The van der Waals surface area contributed by atoms with Crippen molar-refractivity contribution in [3.05, 3.63) is 90.6 Å². The lowest BCUT2D eigenvalue weighted by atomic mass is 9.95. The highest BCUT2D eigenvalue weighted by Gasteiger charge is 2.33. The molecule has 4 rings (SSSR count). The van der Waals surface area contributed by atoms with Gasteiger partial charge in [-0.15, -0.1) is 0 Å². The first-order valence-corrected chi connectivity index (χ1v) is 12.3. The van der Waals surface area contributed by atoms with Crippen LogP contribution >= 0.6 is 11.3 Å². The summed E-state index contributed by atoms with van der Waals surface area (Å²) >= 11 is 1.29. The smallest absolute Gasteiger partial charge is 0.338 e. The monoisotopic (exact) mass is 492 g/mol.